The smallest absolute Gasteiger partial charge is 0.343 e. The molecule has 0 spiro atoms. The Labute approximate surface area is 219 Å². The lowest BCUT2D eigenvalue weighted by Crippen LogP contribution is -2.09. The summed E-state index contributed by atoms with van der Waals surface area (Å²) < 4.78 is 11.2. The fourth-order valence-corrected chi connectivity index (χ4v) is 4.13. The van der Waals surface area contributed by atoms with Crippen molar-refractivity contribution in [3.8, 4) is 11.5 Å². The molecule has 0 aliphatic carbocycles. The van der Waals surface area contributed by atoms with E-state index in [-0.39, 0.29) is 4.49 Å². The van der Waals surface area contributed by atoms with Crippen LogP contribution in [-0.4, -0.2) is 11.9 Å². The van der Waals surface area contributed by atoms with Crippen molar-refractivity contribution < 1.29 is 19.1 Å². The first kappa shape index (κ1) is 25.2. The van der Waals surface area contributed by atoms with Gasteiger partial charge in [0.1, 0.15) is 16.0 Å². The van der Waals surface area contributed by atoms with E-state index in [2.05, 4.69) is 0 Å². The van der Waals surface area contributed by atoms with E-state index in [1.54, 1.807) is 72.8 Å². The normalized spacial score (nSPS) is 10.4. The molecule has 0 aromatic heterocycles. The highest BCUT2D eigenvalue weighted by molar-refractivity contribution is 6.59. The Morgan fingerprint density at radius 3 is 1.28 bits per heavy atom. The Morgan fingerprint density at radius 1 is 0.556 bits per heavy atom. The molecule has 0 aliphatic rings. The van der Waals surface area contributed by atoms with Crippen molar-refractivity contribution in [2.24, 2.45) is 0 Å². The summed E-state index contributed by atoms with van der Waals surface area (Å²) in [5, 5.41) is 0. The molecule has 0 saturated carbocycles. The van der Waals surface area contributed by atoms with Crippen molar-refractivity contribution in [3.05, 3.63) is 135 Å². The van der Waals surface area contributed by atoms with E-state index >= 15 is 0 Å². The Hall–Kier alpha value is -3.86. The third kappa shape index (κ3) is 5.85. The molecule has 0 heterocycles. The molecule has 0 amide bonds. The molecule has 0 aliphatic heterocycles. The molecule has 0 saturated heterocycles. The van der Waals surface area contributed by atoms with Gasteiger partial charge in [-0.25, -0.2) is 9.59 Å². The Balaban J connectivity index is 1.57. The minimum absolute atomic E-state index is 0.0804. The number of hydrogen-bond acceptors (Lipinski definition) is 4. The van der Waals surface area contributed by atoms with Gasteiger partial charge in [-0.2, -0.15) is 0 Å². The van der Waals surface area contributed by atoms with Crippen LogP contribution in [0.5, 0.6) is 11.5 Å². The summed E-state index contributed by atoms with van der Waals surface area (Å²) in [5.41, 5.74) is 4.53. The van der Waals surface area contributed by atoms with Gasteiger partial charge in [0.25, 0.3) is 0 Å². The summed E-state index contributed by atoms with van der Waals surface area (Å²) >= 11 is 12.6. The zero-order valence-electron chi connectivity index (χ0n) is 19.6. The van der Waals surface area contributed by atoms with E-state index < -0.39 is 11.9 Å². The molecule has 4 rings (SSSR count). The van der Waals surface area contributed by atoms with Crippen LogP contribution in [0.3, 0.4) is 0 Å². The number of halogens is 2. The molecule has 0 bridgehead atoms. The zero-order chi connectivity index (χ0) is 25.7. The number of benzene rings is 4. The number of carbonyl (C=O) groups is 2. The van der Waals surface area contributed by atoms with Crippen molar-refractivity contribution in [3.63, 3.8) is 0 Å². The molecule has 0 unspecified atom stereocenters. The lowest BCUT2D eigenvalue weighted by molar-refractivity contribution is 0.0724. The molecule has 36 heavy (non-hydrogen) atoms. The van der Waals surface area contributed by atoms with E-state index in [0.29, 0.717) is 28.2 Å². The minimum atomic E-state index is -0.436. The van der Waals surface area contributed by atoms with Gasteiger partial charge in [-0.15, -0.1) is 0 Å². The van der Waals surface area contributed by atoms with Gasteiger partial charge in [-0.05, 0) is 84.6 Å². The van der Waals surface area contributed by atoms with Crippen LogP contribution in [-0.2, 0) is 0 Å². The van der Waals surface area contributed by atoms with E-state index in [0.717, 1.165) is 22.3 Å². The van der Waals surface area contributed by atoms with Crippen molar-refractivity contribution in [1.29, 1.82) is 0 Å². The minimum Gasteiger partial charge on any atom is -0.423 e. The Bertz CT molecular complexity index is 1340. The van der Waals surface area contributed by atoms with E-state index in [1.165, 1.54) is 0 Å². The van der Waals surface area contributed by atoms with Crippen LogP contribution in [0.25, 0.3) is 5.57 Å². The number of esters is 2. The molecule has 0 radical (unpaired) electrons. The van der Waals surface area contributed by atoms with Gasteiger partial charge in [0.05, 0.1) is 11.1 Å². The largest absolute Gasteiger partial charge is 0.423 e. The molecule has 180 valence electrons. The first-order valence-corrected chi connectivity index (χ1v) is 11.9. The van der Waals surface area contributed by atoms with Crippen molar-refractivity contribution in [1.82, 2.24) is 0 Å². The van der Waals surface area contributed by atoms with E-state index in [1.807, 2.05) is 38.1 Å². The van der Waals surface area contributed by atoms with E-state index in [9.17, 15) is 9.59 Å². The molecular formula is C30H22Cl2O4. The molecule has 0 fully saturated rings. The molecule has 4 aromatic rings. The summed E-state index contributed by atoms with van der Waals surface area (Å²) in [4.78, 5) is 24.9. The lowest BCUT2D eigenvalue weighted by Gasteiger charge is -2.14. The zero-order valence-corrected chi connectivity index (χ0v) is 21.1. The predicted octanol–water partition coefficient (Wildman–Crippen LogP) is 7.94. The highest BCUT2D eigenvalue weighted by atomic mass is 35.5. The topological polar surface area (TPSA) is 52.6 Å². The van der Waals surface area contributed by atoms with Gasteiger partial charge in [-0.1, -0.05) is 71.7 Å². The monoisotopic (exact) mass is 516 g/mol. The molecule has 4 nitrogen and oxygen atoms in total. The van der Waals surface area contributed by atoms with Crippen LogP contribution in [0.4, 0.5) is 0 Å². The Morgan fingerprint density at radius 2 is 0.944 bits per heavy atom. The number of hydrogen-bond donors (Lipinski definition) is 0. The van der Waals surface area contributed by atoms with Crippen LogP contribution >= 0.6 is 23.2 Å². The first-order valence-electron chi connectivity index (χ1n) is 11.2. The number of aryl methyl sites for hydroxylation is 2. The standard InChI is InChI=1S/C30H22Cl2O4/c1-19-17-23(13-15-25(19)35-29(33)21-9-5-3-6-10-21)27(28(31)32)24-14-16-26(20(2)18-24)36-30(34)22-11-7-4-8-12-22/h3-18H,1-2H3. The summed E-state index contributed by atoms with van der Waals surface area (Å²) in [7, 11) is 0. The summed E-state index contributed by atoms with van der Waals surface area (Å²) in [6.07, 6.45) is 0. The predicted molar refractivity (Wildman–Crippen MR) is 143 cm³/mol. The highest BCUT2D eigenvalue weighted by Crippen LogP contribution is 2.35. The van der Waals surface area contributed by atoms with Crippen LogP contribution in [0.15, 0.2) is 102 Å². The quantitative estimate of drug-likeness (QED) is 0.193. The van der Waals surface area contributed by atoms with Gasteiger partial charge in [0.15, 0.2) is 0 Å². The van der Waals surface area contributed by atoms with Crippen molar-refractivity contribution in [2.75, 3.05) is 0 Å². The summed E-state index contributed by atoms with van der Waals surface area (Å²) in [6, 6.07) is 28.3. The highest BCUT2D eigenvalue weighted by Gasteiger charge is 2.16. The van der Waals surface area contributed by atoms with Gasteiger partial charge in [0.2, 0.25) is 0 Å². The van der Waals surface area contributed by atoms with Crippen LogP contribution < -0.4 is 9.47 Å². The molecule has 6 heteroatoms. The molecule has 0 N–H and O–H groups in total. The van der Waals surface area contributed by atoms with Gasteiger partial charge < -0.3 is 9.47 Å². The average Bonchev–Trinajstić information content (AvgIpc) is 2.88. The lowest BCUT2D eigenvalue weighted by atomic mass is 9.96. The van der Waals surface area contributed by atoms with E-state index in [4.69, 9.17) is 32.7 Å². The average molecular weight is 517 g/mol. The maximum atomic E-state index is 12.4. The number of rotatable bonds is 6. The summed E-state index contributed by atoms with van der Waals surface area (Å²) in [5.74, 6) is 0.0108. The SMILES string of the molecule is Cc1cc(C(=C(Cl)Cl)c2ccc(OC(=O)c3ccccc3)c(C)c2)ccc1OC(=O)c1ccccc1. The third-order valence-electron chi connectivity index (χ3n) is 5.54. The fourth-order valence-electron chi connectivity index (χ4n) is 3.69. The van der Waals surface area contributed by atoms with Gasteiger partial charge in [-0.3, -0.25) is 0 Å². The molecule has 4 aromatic carbocycles. The Kier molecular flexibility index (Phi) is 7.89. The second-order valence-corrected chi connectivity index (χ2v) is 9.06. The molecule has 0 atom stereocenters. The van der Waals surface area contributed by atoms with Crippen LogP contribution in [0.2, 0.25) is 0 Å². The summed E-state index contributed by atoms with van der Waals surface area (Å²) in [6.45, 7) is 3.68. The maximum Gasteiger partial charge on any atom is 0.343 e. The van der Waals surface area contributed by atoms with Gasteiger partial charge in [0, 0.05) is 5.57 Å². The van der Waals surface area contributed by atoms with Crippen LogP contribution in [0.1, 0.15) is 43.0 Å². The molecular weight excluding hydrogens is 495 g/mol. The number of carbonyl (C=O) groups excluding carboxylic acids is 2. The third-order valence-corrected chi connectivity index (χ3v) is 5.92. The van der Waals surface area contributed by atoms with Crippen LogP contribution in [0, 0.1) is 13.8 Å². The maximum absolute atomic E-state index is 12.4. The fraction of sp³-hybridized carbons (Fsp3) is 0.0667. The van der Waals surface area contributed by atoms with Crippen molar-refractivity contribution in [2.45, 2.75) is 13.8 Å². The second kappa shape index (κ2) is 11.3. The van der Waals surface area contributed by atoms with Crippen molar-refractivity contribution >= 4 is 40.7 Å². The second-order valence-electron chi connectivity index (χ2n) is 8.11. The van der Waals surface area contributed by atoms with Gasteiger partial charge >= 0.3 is 11.9 Å². The first-order chi connectivity index (χ1) is 17.3. The number of ether oxygens (including phenoxy) is 2.